The van der Waals surface area contributed by atoms with Crippen LogP contribution in [0.25, 0.3) is 0 Å². The van der Waals surface area contributed by atoms with E-state index in [1.165, 1.54) is 17.3 Å². The first-order valence-electron chi connectivity index (χ1n) is 9.26. The maximum atomic E-state index is 13.9. The number of anilines is 2. The van der Waals surface area contributed by atoms with Crippen molar-refractivity contribution in [1.29, 1.82) is 0 Å². The predicted molar refractivity (Wildman–Crippen MR) is 99.5 cm³/mol. The first-order chi connectivity index (χ1) is 13.6. The average molecular weight is 389 g/mol. The molecule has 2 aliphatic heterocycles. The Labute approximate surface area is 161 Å². The molecule has 148 valence electrons. The van der Waals surface area contributed by atoms with Crippen LogP contribution in [0.15, 0.2) is 30.6 Å². The van der Waals surface area contributed by atoms with Gasteiger partial charge in [-0.05, 0) is 12.1 Å². The lowest BCUT2D eigenvalue weighted by atomic mass is 10.1. The highest BCUT2D eigenvalue weighted by molar-refractivity contribution is 5.95. The zero-order valence-corrected chi connectivity index (χ0v) is 15.4. The lowest BCUT2D eigenvalue weighted by Gasteiger charge is -2.36. The minimum Gasteiger partial charge on any atom is -0.378 e. The van der Waals surface area contributed by atoms with Crippen molar-refractivity contribution in [3.8, 4) is 0 Å². The van der Waals surface area contributed by atoms with E-state index in [0.717, 1.165) is 36.9 Å². The SMILES string of the molecule is O=C(c1c(F)cccc1F)N1CCN(c2cc(N3CCOCC3)ncn2)CC1. The van der Waals surface area contributed by atoms with Gasteiger partial charge in [0, 0.05) is 45.3 Å². The Morgan fingerprint density at radius 1 is 0.893 bits per heavy atom. The number of morpholine rings is 1. The van der Waals surface area contributed by atoms with Gasteiger partial charge in [0.05, 0.1) is 13.2 Å². The van der Waals surface area contributed by atoms with Crippen LogP contribution in [0.5, 0.6) is 0 Å². The van der Waals surface area contributed by atoms with Crippen molar-refractivity contribution in [2.45, 2.75) is 0 Å². The van der Waals surface area contributed by atoms with E-state index < -0.39 is 23.1 Å². The summed E-state index contributed by atoms with van der Waals surface area (Å²) < 4.78 is 33.1. The second kappa shape index (κ2) is 8.05. The first-order valence-corrected chi connectivity index (χ1v) is 9.26. The Hall–Kier alpha value is -2.81. The summed E-state index contributed by atoms with van der Waals surface area (Å²) in [4.78, 5) is 26.9. The highest BCUT2D eigenvalue weighted by Crippen LogP contribution is 2.21. The van der Waals surface area contributed by atoms with Crippen molar-refractivity contribution in [3.63, 3.8) is 0 Å². The van der Waals surface area contributed by atoms with E-state index in [9.17, 15) is 13.6 Å². The van der Waals surface area contributed by atoms with Crippen LogP contribution in [0.2, 0.25) is 0 Å². The van der Waals surface area contributed by atoms with Gasteiger partial charge >= 0.3 is 0 Å². The number of hydrogen-bond acceptors (Lipinski definition) is 6. The molecular formula is C19H21F2N5O2. The molecule has 2 aliphatic rings. The van der Waals surface area contributed by atoms with Crippen molar-refractivity contribution >= 4 is 17.5 Å². The highest BCUT2D eigenvalue weighted by Gasteiger charge is 2.27. The summed E-state index contributed by atoms with van der Waals surface area (Å²) in [6.45, 7) is 4.70. The topological polar surface area (TPSA) is 61.8 Å². The lowest BCUT2D eigenvalue weighted by Crippen LogP contribution is -2.49. The van der Waals surface area contributed by atoms with E-state index in [-0.39, 0.29) is 0 Å². The van der Waals surface area contributed by atoms with E-state index in [1.54, 1.807) is 0 Å². The Balaban J connectivity index is 1.42. The molecule has 28 heavy (non-hydrogen) atoms. The van der Waals surface area contributed by atoms with Crippen molar-refractivity contribution in [1.82, 2.24) is 14.9 Å². The molecule has 9 heteroatoms. The van der Waals surface area contributed by atoms with Crippen LogP contribution in [-0.2, 0) is 4.74 Å². The molecule has 0 saturated carbocycles. The molecule has 0 aliphatic carbocycles. The van der Waals surface area contributed by atoms with Crippen LogP contribution < -0.4 is 9.80 Å². The second-order valence-electron chi connectivity index (χ2n) is 6.71. The number of carbonyl (C=O) groups excluding carboxylic acids is 1. The number of carbonyl (C=O) groups is 1. The number of benzene rings is 1. The van der Waals surface area contributed by atoms with E-state index >= 15 is 0 Å². The molecule has 7 nitrogen and oxygen atoms in total. The fraction of sp³-hybridized carbons (Fsp3) is 0.421. The molecule has 0 atom stereocenters. The molecule has 0 N–H and O–H groups in total. The van der Waals surface area contributed by atoms with Crippen molar-refractivity contribution in [3.05, 3.63) is 47.8 Å². The molecule has 0 bridgehead atoms. The summed E-state index contributed by atoms with van der Waals surface area (Å²) in [6, 6.07) is 5.38. The maximum absolute atomic E-state index is 13.9. The Kier molecular flexibility index (Phi) is 5.34. The average Bonchev–Trinajstić information content (AvgIpc) is 2.74. The molecule has 0 spiro atoms. The van der Waals surface area contributed by atoms with Gasteiger partial charge < -0.3 is 19.4 Å². The number of amides is 1. The number of hydrogen-bond donors (Lipinski definition) is 0. The van der Waals surface area contributed by atoms with E-state index in [2.05, 4.69) is 14.9 Å². The summed E-state index contributed by atoms with van der Waals surface area (Å²) >= 11 is 0. The van der Waals surface area contributed by atoms with Crippen LogP contribution >= 0.6 is 0 Å². The van der Waals surface area contributed by atoms with Crippen LogP contribution in [0.3, 0.4) is 0 Å². The Morgan fingerprint density at radius 3 is 2.07 bits per heavy atom. The zero-order chi connectivity index (χ0) is 19.5. The van der Waals surface area contributed by atoms with Gasteiger partial charge in [0.15, 0.2) is 0 Å². The number of ether oxygens (including phenoxy) is 1. The van der Waals surface area contributed by atoms with Gasteiger partial charge in [-0.2, -0.15) is 0 Å². The van der Waals surface area contributed by atoms with Crippen LogP contribution in [0.1, 0.15) is 10.4 Å². The zero-order valence-electron chi connectivity index (χ0n) is 15.4. The van der Waals surface area contributed by atoms with Gasteiger partial charge in [-0.25, -0.2) is 18.7 Å². The van der Waals surface area contributed by atoms with E-state index in [0.29, 0.717) is 39.4 Å². The molecule has 2 saturated heterocycles. The minimum absolute atomic E-state index is 0.365. The largest absolute Gasteiger partial charge is 0.378 e. The van der Waals surface area contributed by atoms with Crippen LogP contribution in [-0.4, -0.2) is 73.3 Å². The fourth-order valence-corrected chi connectivity index (χ4v) is 3.47. The number of aromatic nitrogens is 2. The molecule has 2 fully saturated rings. The molecule has 0 radical (unpaired) electrons. The first kappa shape index (κ1) is 18.5. The number of rotatable bonds is 3. The molecule has 4 rings (SSSR count). The van der Waals surface area contributed by atoms with Crippen molar-refractivity contribution in [2.24, 2.45) is 0 Å². The third kappa shape index (κ3) is 3.75. The van der Waals surface area contributed by atoms with Gasteiger partial charge in [0.25, 0.3) is 5.91 Å². The van der Waals surface area contributed by atoms with E-state index in [1.807, 2.05) is 11.0 Å². The van der Waals surface area contributed by atoms with Gasteiger partial charge in [0.1, 0.15) is 35.2 Å². The summed E-state index contributed by atoms with van der Waals surface area (Å²) in [7, 11) is 0. The number of halogens is 2. The third-order valence-corrected chi connectivity index (χ3v) is 5.04. The molecule has 0 unspecified atom stereocenters. The van der Waals surface area contributed by atoms with Crippen LogP contribution in [0, 0.1) is 11.6 Å². The third-order valence-electron chi connectivity index (χ3n) is 5.04. The van der Waals surface area contributed by atoms with Crippen molar-refractivity contribution in [2.75, 3.05) is 62.3 Å². The summed E-state index contributed by atoms with van der Waals surface area (Å²) in [5.41, 5.74) is -0.493. The monoisotopic (exact) mass is 389 g/mol. The Morgan fingerprint density at radius 2 is 1.46 bits per heavy atom. The standard InChI is InChI=1S/C19H21F2N5O2/c20-14-2-1-3-15(21)18(14)19(27)26-6-4-24(5-7-26)16-12-17(23-13-22-16)25-8-10-28-11-9-25/h1-3,12-13H,4-11H2. The lowest BCUT2D eigenvalue weighted by molar-refractivity contribution is 0.0736. The van der Waals surface area contributed by atoms with Gasteiger partial charge in [0.2, 0.25) is 0 Å². The summed E-state index contributed by atoms with van der Waals surface area (Å²) in [5, 5.41) is 0. The van der Waals surface area contributed by atoms with Crippen LogP contribution in [0.4, 0.5) is 20.4 Å². The van der Waals surface area contributed by atoms with Gasteiger partial charge in [-0.3, -0.25) is 4.79 Å². The highest BCUT2D eigenvalue weighted by atomic mass is 19.1. The summed E-state index contributed by atoms with van der Waals surface area (Å²) in [6.07, 6.45) is 1.53. The Bertz CT molecular complexity index is 832. The second-order valence-corrected chi connectivity index (χ2v) is 6.71. The van der Waals surface area contributed by atoms with Gasteiger partial charge in [-0.1, -0.05) is 6.07 Å². The quantitative estimate of drug-likeness (QED) is 0.794. The fourth-order valence-electron chi connectivity index (χ4n) is 3.47. The molecule has 1 amide bonds. The maximum Gasteiger partial charge on any atom is 0.259 e. The molecule has 3 heterocycles. The smallest absolute Gasteiger partial charge is 0.259 e. The molecule has 1 aromatic carbocycles. The number of nitrogens with zero attached hydrogens (tertiary/aromatic N) is 5. The summed E-state index contributed by atoms with van der Waals surface area (Å²) in [5.74, 6) is -0.662. The molecular weight excluding hydrogens is 368 g/mol. The molecule has 1 aromatic heterocycles. The van der Waals surface area contributed by atoms with E-state index in [4.69, 9.17) is 4.74 Å². The minimum atomic E-state index is -0.835. The molecule has 2 aromatic rings. The predicted octanol–water partition coefficient (Wildman–Crippen LogP) is 1.55. The number of piperazine rings is 1. The van der Waals surface area contributed by atoms with Crippen molar-refractivity contribution < 1.29 is 18.3 Å². The normalized spacial score (nSPS) is 17.7. The van der Waals surface area contributed by atoms with Gasteiger partial charge in [-0.15, -0.1) is 0 Å².